The maximum absolute atomic E-state index is 12.3. The molecule has 2 heterocycles. The maximum Gasteiger partial charge on any atom is 0.341 e. The largest absolute Gasteiger partial charge is 0.462 e. The van der Waals surface area contributed by atoms with Gasteiger partial charge in [0.1, 0.15) is 5.56 Å². The molecule has 3 rings (SSSR count). The molecule has 0 atom stereocenters. The number of benzene rings is 1. The molecule has 1 aromatic carbocycles. The number of nitrogens with zero attached hydrogens (tertiary/aromatic N) is 1. The molecule has 0 amide bonds. The second-order valence-corrected chi connectivity index (χ2v) is 6.24. The third-order valence-electron chi connectivity index (χ3n) is 4.39. The molecule has 1 saturated heterocycles. The van der Waals surface area contributed by atoms with Crippen molar-refractivity contribution in [2.24, 2.45) is 5.41 Å². The molecule has 0 radical (unpaired) electrons. The molecule has 0 unspecified atom stereocenters. The van der Waals surface area contributed by atoms with Crippen molar-refractivity contribution in [2.75, 3.05) is 38.3 Å². The van der Waals surface area contributed by atoms with E-state index in [9.17, 15) is 9.90 Å². The Bertz CT molecular complexity index is 751. The number of fused-ring (bicyclic) bond motifs is 1. The lowest BCUT2D eigenvalue weighted by Crippen LogP contribution is -2.50. The molecule has 6 heteroatoms. The Morgan fingerprint density at radius 1 is 1.46 bits per heavy atom. The minimum Gasteiger partial charge on any atom is -0.462 e. The molecule has 0 bridgehead atoms. The van der Waals surface area contributed by atoms with Gasteiger partial charge in [-0.2, -0.15) is 0 Å². The van der Waals surface area contributed by atoms with E-state index < -0.39 is 5.97 Å². The molecule has 6 nitrogen and oxygen atoms in total. The number of carbonyl (C=O) groups excluding carboxylic acids is 1. The number of carbonyl (C=O) groups is 1. The summed E-state index contributed by atoms with van der Waals surface area (Å²) in [6, 6.07) is 5.86. The first kappa shape index (κ1) is 16.7. The Labute approximate surface area is 140 Å². The minimum absolute atomic E-state index is 0.0385. The number of aryl methyl sites for hydroxylation is 1. The molecule has 0 saturated carbocycles. The molecule has 1 aliphatic rings. The molecular weight excluding hydrogens is 308 g/mol. The summed E-state index contributed by atoms with van der Waals surface area (Å²) in [7, 11) is 0. The van der Waals surface area contributed by atoms with Crippen molar-refractivity contribution < 1.29 is 19.4 Å². The van der Waals surface area contributed by atoms with Gasteiger partial charge >= 0.3 is 5.97 Å². The van der Waals surface area contributed by atoms with Crippen LogP contribution in [0.5, 0.6) is 0 Å². The minimum atomic E-state index is -0.404. The number of hydrogen-bond acceptors (Lipinski definition) is 6. The fourth-order valence-corrected chi connectivity index (χ4v) is 2.84. The van der Waals surface area contributed by atoms with E-state index in [1.165, 1.54) is 0 Å². The smallest absolute Gasteiger partial charge is 0.341 e. The van der Waals surface area contributed by atoms with Crippen LogP contribution in [0.1, 0.15) is 22.8 Å². The van der Waals surface area contributed by atoms with Crippen molar-refractivity contribution in [1.82, 2.24) is 4.98 Å². The summed E-state index contributed by atoms with van der Waals surface area (Å²) in [5, 5.41) is 13.8. The quantitative estimate of drug-likeness (QED) is 0.790. The highest BCUT2D eigenvalue weighted by molar-refractivity contribution is 6.05. The van der Waals surface area contributed by atoms with Crippen molar-refractivity contribution in [3.63, 3.8) is 0 Å². The second kappa shape index (κ2) is 6.75. The van der Waals surface area contributed by atoms with Gasteiger partial charge in [-0.15, -0.1) is 0 Å². The predicted octanol–water partition coefficient (Wildman–Crippen LogP) is 2.14. The van der Waals surface area contributed by atoms with Crippen LogP contribution in [0, 0.1) is 12.3 Å². The van der Waals surface area contributed by atoms with E-state index in [-0.39, 0.29) is 12.0 Å². The highest BCUT2D eigenvalue weighted by Crippen LogP contribution is 2.32. The van der Waals surface area contributed by atoms with Gasteiger partial charge in [0.15, 0.2) is 0 Å². The number of aromatic nitrogens is 1. The van der Waals surface area contributed by atoms with E-state index in [1.54, 1.807) is 13.1 Å². The van der Waals surface area contributed by atoms with Crippen molar-refractivity contribution in [3.05, 3.63) is 35.5 Å². The van der Waals surface area contributed by atoms with Gasteiger partial charge in [-0.3, -0.25) is 4.98 Å². The molecule has 2 N–H and O–H groups in total. The summed E-state index contributed by atoms with van der Waals surface area (Å²) in [5.41, 5.74) is 2.68. The van der Waals surface area contributed by atoms with Gasteiger partial charge in [0.2, 0.25) is 0 Å². The number of aliphatic hydroxyl groups is 1. The van der Waals surface area contributed by atoms with E-state index >= 15 is 0 Å². The van der Waals surface area contributed by atoms with Gasteiger partial charge in [-0.1, -0.05) is 18.2 Å². The maximum atomic E-state index is 12.3. The number of ether oxygens (including phenoxy) is 2. The Balaban J connectivity index is 2.02. The summed E-state index contributed by atoms with van der Waals surface area (Å²) in [6.07, 6.45) is 1.55. The van der Waals surface area contributed by atoms with Crippen LogP contribution in [0.15, 0.2) is 24.4 Å². The lowest BCUT2D eigenvalue weighted by molar-refractivity contribution is -0.128. The van der Waals surface area contributed by atoms with Crippen LogP contribution < -0.4 is 5.32 Å². The van der Waals surface area contributed by atoms with Gasteiger partial charge in [0.05, 0.1) is 43.0 Å². The Hall–Kier alpha value is -2.18. The summed E-state index contributed by atoms with van der Waals surface area (Å²) >= 11 is 0. The first-order valence-corrected chi connectivity index (χ1v) is 8.08. The number of hydrogen-bond donors (Lipinski definition) is 2. The Morgan fingerprint density at radius 2 is 2.25 bits per heavy atom. The highest BCUT2D eigenvalue weighted by atomic mass is 16.5. The molecule has 0 aliphatic carbocycles. The molecule has 24 heavy (non-hydrogen) atoms. The number of esters is 1. The van der Waals surface area contributed by atoms with Gasteiger partial charge in [0.25, 0.3) is 0 Å². The summed E-state index contributed by atoms with van der Waals surface area (Å²) in [4.78, 5) is 16.7. The van der Waals surface area contributed by atoms with Crippen LogP contribution in [-0.4, -0.2) is 49.0 Å². The average molecular weight is 330 g/mol. The first-order valence-electron chi connectivity index (χ1n) is 8.08. The first-order chi connectivity index (χ1) is 11.6. The lowest BCUT2D eigenvalue weighted by atomic mass is 9.87. The van der Waals surface area contributed by atoms with Crippen LogP contribution >= 0.6 is 0 Å². The normalized spacial score (nSPS) is 15.8. The van der Waals surface area contributed by atoms with Gasteiger partial charge in [-0.25, -0.2) is 4.79 Å². The average Bonchev–Trinajstić information content (AvgIpc) is 2.54. The van der Waals surface area contributed by atoms with E-state index in [2.05, 4.69) is 10.3 Å². The van der Waals surface area contributed by atoms with E-state index in [0.717, 1.165) is 16.5 Å². The Morgan fingerprint density at radius 3 is 2.88 bits per heavy atom. The zero-order valence-electron chi connectivity index (χ0n) is 14.0. The standard InChI is InChI=1S/C18H22N2O4/c1-3-24-17(22)14-7-19-15-12(2)5-4-6-13(15)16(14)20-8-18(9-21)10-23-11-18/h4-7,21H,3,8-11H2,1-2H3,(H,19,20). The van der Waals surface area contributed by atoms with Crippen molar-refractivity contribution in [1.29, 1.82) is 0 Å². The van der Waals surface area contributed by atoms with Gasteiger partial charge in [-0.05, 0) is 19.4 Å². The summed E-state index contributed by atoms with van der Waals surface area (Å²) < 4.78 is 10.4. The fraction of sp³-hybridized carbons (Fsp3) is 0.444. The van der Waals surface area contributed by atoms with Crippen LogP contribution in [0.4, 0.5) is 5.69 Å². The topological polar surface area (TPSA) is 80.7 Å². The van der Waals surface area contributed by atoms with Crippen LogP contribution in [0.3, 0.4) is 0 Å². The molecular formula is C18H22N2O4. The van der Waals surface area contributed by atoms with Gasteiger partial charge < -0.3 is 19.9 Å². The van der Waals surface area contributed by atoms with Crippen molar-refractivity contribution >= 4 is 22.6 Å². The van der Waals surface area contributed by atoms with E-state index in [1.807, 2.05) is 25.1 Å². The number of pyridine rings is 1. The third kappa shape index (κ3) is 2.95. The Kier molecular flexibility index (Phi) is 4.69. The van der Waals surface area contributed by atoms with E-state index in [0.29, 0.717) is 37.6 Å². The van der Waals surface area contributed by atoms with E-state index in [4.69, 9.17) is 9.47 Å². The molecule has 2 aromatic rings. The zero-order valence-corrected chi connectivity index (χ0v) is 14.0. The number of rotatable bonds is 6. The molecule has 0 spiro atoms. The monoisotopic (exact) mass is 330 g/mol. The molecule has 128 valence electrons. The number of nitrogens with one attached hydrogen (secondary N) is 1. The zero-order chi connectivity index (χ0) is 17.2. The third-order valence-corrected chi connectivity index (χ3v) is 4.39. The SMILES string of the molecule is CCOC(=O)c1cnc2c(C)cccc2c1NCC1(CO)COC1. The number of para-hydroxylation sites is 1. The lowest BCUT2D eigenvalue weighted by Gasteiger charge is -2.40. The molecule has 1 fully saturated rings. The molecule has 1 aliphatic heterocycles. The predicted molar refractivity (Wildman–Crippen MR) is 91.3 cm³/mol. The highest BCUT2D eigenvalue weighted by Gasteiger charge is 2.38. The second-order valence-electron chi connectivity index (χ2n) is 6.24. The van der Waals surface area contributed by atoms with Crippen molar-refractivity contribution in [3.8, 4) is 0 Å². The summed E-state index contributed by atoms with van der Waals surface area (Å²) in [6.45, 7) is 5.63. The fourth-order valence-electron chi connectivity index (χ4n) is 2.84. The number of anilines is 1. The molecule has 1 aromatic heterocycles. The van der Waals surface area contributed by atoms with Crippen LogP contribution in [-0.2, 0) is 9.47 Å². The van der Waals surface area contributed by atoms with Crippen LogP contribution in [0.2, 0.25) is 0 Å². The van der Waals surface area contributed by atoms with Gasteiger partial charge in [0, 0.05) is 18.1 Å². The summed E-state index contributed by atoms with van der Waals surface area (Å²) in [5.74, 6) is -0.404. The van der Waals surface area contributed by atoms with Crippen LogP contribution in [0.25, 0.3) is 10.9 Å². The number of aliphatic hydroxyl groups excluding tert-OH is 1. The van der Waals surface area contributed by atoms with Crippen molar-refractivity contribution in [2.45, 2.75) is 13.8 Å².